The van der Waals surface area contributed by atoms with E-state index in [2.05, 4.69) is 15.5 Å². The third kappa shape index (κ3) is 2.80. The lowest BCUT2D eigenvalue weighted by Crippen LogP contribution is -2.02. The van der Waals surface area contributed by atoms with Crippen LogP contribution in [-0.2, 0) is 13.0 Å². The predicted molar refractivity (Wildman–Crippen MR) is 69.7 cm³/mol. The summed E-state index contributed by atoms with van der Waals surface area (Å²) in [6.07, 6.45) is 0.838. The molecule has 0 radical (unpaired) electrons. The number of nitrogens with one attached hydrogen (secondary N) is 1. The zero-order valence-electron chi connectivity index (χ0n) is 9.79. The van der Waals surface area contributed by atoms with Crippen LogP contribution in [0.25, 0.3) is 0 Å². The first kappa shape index (κ1) is 12.4. The molecule has 0 saturated heterocycles. The number of nitrogens with zero attached hydrogens (tertiary/aromatic N) is 3. The van der Waals surface area contributed by atoms with Crippen LogP contribution < -0.4 is 5.32 Å². The van der Waals surface area contributed by atoms with Crippen molar-refractivity contribution >= 4 is 22.2 Å². The minimum Gasteiger partial charge on any atom is -0.356 e. The topological polar surface area (TPSA) is 81.0 Å². The molecule has 94 valence electrons. The zero-order chi connectivity index (χ0) is 13.0. The monoisotopic (exact) mass is 264 g/mol. The number of anilines is 1. The molecule has 0 amide bonds. The molecule has 18 heavy (non-hydrogen) atoms. The van der Waals surface area contributed by atoms with Crippen LogP contribution in [0.3, 0.4) is 0 Å². The Kier molecular flexibility index (Phi) is 3.83. The van der Waals surface area contributed by atoms with E-state index in [1.54, 1.807) is 18.2 Å². The van der Waals surface area contributed by atoms with Crippen molar-refractivity contribution in [3.05, 3.63) is 45.0 Å². The van der Waals surface area contributed by atoms with Crippen molar-refractivity contribution in [1.82, 2.24) is 10.2 Å². The molecular formula is C11H12N4O2S. The molecule has 0 unspecified atom stereocenters. The van der Waals surface area contributed by atoms with Crippen LogP contribution in [0.5, 0.6) is 0 Å². The second-order valence-electron chi connectivity index (χ2n) is 3.59. The van der Waals surface area contributed by atoms with Gasteiger partial charge in [-0.2, -0.15) is 0 Å². The van der Waals surface area contributed by atoms with E-state index in [4.69, 9.17) is 0 Å². The lowest BCUT2D eigenvalue weighted by atomic mass is 10.2. The van der Waals surface area contributed by atoms with Crippen LogP contribution in [0.1, 0.15) is 17.5 Å². The summed E-state index contributed by atoms with van der Waals surface area (Å²) in [7, 11) is 0. The average Bonchev–Trinajstić information content (AvgIpc) is 2.84. The molecule has 1 aromatic carbocycles. The van der Waals surface area contributed by atoms with Crippen molar-refractivity contribution in [2.45, 2.75) is 19.9 Å². The van der Waals surface area contributed by atoms with Crippen LogP contribution >= 0.6 is 11.3 Å². The first-order valence-corrected chi connectivity index (χ1v) is 6.31. The minimum atomic E-state index is -0.380. The number of aryl methyl sites for hydroxylation is 1. The fourth-order valence-electron chi connectivity index (χ4n) is 1.48. The maximum atomic E-state index is 10.8. The van der Waals surface area contributed by atoms with E-state index in [-0.39, 0.29) is 10.6 Å². The lowest BCUT2D eigenvalue weighted by Gasteiger charge is -2.03. The predicted octanol–water partition coefficient (Wildman–Crippen LogP) is 2.62. The molecule has 0 aliphatic carbocycles. The largest absolute Gasteiger partial charge is 0.356 e. The zero-order valence-corrected chi connectivity index (χ0v) is 10.6. The van der Waals surface area contributed by atoms with Crippen LogP contribution in [0.2, 0.25) is 0 Å². The summed E-state index contributed by atoms with van der Waals surface area (Å²) in [5.74, 6) is 0. The van der Waals surface area contributed by atoms with Crippen molar-refractivity contribution in [2.75, 3.05) is 5.32 Å². The molecule has 1 N–H and O–H groups in total. The number of para-hydroxylation sites is 1. The number of nitro groups is 1. The summed E-state index contributed by atoms with van der Waals surface area (Å²) < 4.78 is 0. The van der Waals surface area contributed by atoms with Gasteiger partial charge in [0.1, 0.15) is 5.01 Å². The molecule has 0 aliphatic heterocycles. The van der Waals surface area contributed by atoms with Gasteiger partial charge in [-0.3, -0.25) is 10.1 Å². The molecule has 1 heterocycles. The van der Waals surface area contributed by atoms with Crippen LogP contribution in [0, 0.1) is 10.1 Å². The fraction of sp³-hybridized carbons (Fsp3) is 0.273. The smallest absolute Gasteiger partial charge is 0.274 e. The van der Waals surface area contributed by atoms with Gasteiger partial charge in [-0.15, -0.1) is 10.2 Å². The van der Waals surface area contributed by atoms with Crippen LogP contribution in [0.4, 0.5) is 10.8 Å². The molecule has 6 nitrogen and oxygen atoms in total. The Morgan fingerprint density at radius 3 is 2.83 bits per heavy atom. The number of hydrogen-bond donors (Lipinski definition) is 1. The molecule has 0 aliphatic rings. The van der Waals surface area contributed by atoms with E-state index in [0.717, 1.165) is 11.4 Å². The molecule has 0 bridgehead atoms. The normalized spacial score (nSPS) is 10.3. The van der Waals surface area contributed by atoms with Gasteiger partial charge in [-0.05, 0) is 6.42 Å². The highest BCUT2D eigenvalue weighted by atomic mass is 32.1. The van der Waals surface area contributed by atoms with E-state index < -0.39 is 0 Å². The third-order valence-electron chi connectivity index (χ3n) is 2.39. The van der Waals surface area contributed by atoms with Crippen molar-refractivity contribution < 1.29 is 4.92 Å². The SMILES string of the molecule is CCc1nnc(NCc2ccccc2[N+](=O)[O-])s1. The van der Waals surface area contributed by atoms with Crippen molar-refractivity contribution in [1.29, 1.82) is 0 Å². The molecule has 2 aromatic rings. The standard InChI is InChI=1S/C11H12N4O2S/c1-2-10-13-14-11(18-10)12-7-8-5-3-4-6-9(8)15(16)17/h3-6H,2,7H2,1H3,(H,12,14). The van der Waals surface area contributed by atoms with E-state index in [9.17, 15) is 10.1 Å². The highest BCUT2D eigenvalue weighted by Crippen LogP contribution is 2.21. The Morgan fingerprint density at radius 1 is 1.39 bits per heavy atom. The highest BCUT2D eigenvalue weighted by Gasteiger charge is 2.12. The first-order valence-electron chi connectivity index (χ1n) is 5.49. The number of rotatable bonds is 5. The number of hydrogen-bond acceptors (Lipinski definition) is 6. The maximum absolute atomic E-state index is 10.8. The Bertz CT molecular complexity index is 555. The van der Waals surface area contributed by atoms with Gasteiger partial charge in [0.25, 0.3) is 5.69 Å². The van der Waals surface area contributed by atoms with Gasteiger partial charge in [0.15, 0.2) is 0 Å². The summed E-state index contributed by atoms with van der Waals surface area (Å²) in [6.45, 7) is 2.38. The summed E-state index contributed by atoms with van der Waals surface area (Å²) in [6, 6.07) is 6.66. The third-order valence-corrected chi connectivity index (χ3v) is 3.41. The molecule has 0 atom stereocenters. The summed E-state index contributed by atoms with van der Waals surface area (Å²) in [4.78, 5) is 10.5. The second kappa shape index (κ2) is 5.54. The molecule has 7 heteroatoms. The van der Waals surface area contributed by atoms with E-state index >= 15 is 0 Å². The highest BCUT2D eigenvalue weighted by molar-refractivity contribution is 7.15. The summed E-state index contributed by atoms with van der Waals surface area (Å²) in [5.41, 5.74) is 0.751. The van der Waals surface area contributed by atoms with Gasteiger partial charge in [-0.25, -0.2) is 0 Å². The molecule has 0 spiro atoms. The lowest BCUT2D eigenvalue weighted by molar-refractivity contribution is -0.385. The molecule has 2 rings (SSSR count). The average molecular weight is 264 g/mol. The molecular weight excluding hydrogens is 252 g/mol. The second-order valence-corrected chi connectivity index (χ2v) is 4.66. The van der Waals surface area contributed by atoms with Crippen LogP contribution in [0.15, 0.2) is 24.3 Å². The molecule has 0 fully saturated rings. The minimum absolute atomic E-state index is 0.116. The van der Waals surface area contributed by atoms with Gasteiger partial charge in [0, 0.05) is 18.2 Å². The van der Waals surface area contributed by atoms with Crippen molar-refractivity contribution in [2.24, 2.45) is 0 Å². The van der Waals surface area contributed by atoms with E-state index in [1.165, 1.54) is 17.4 Å². The molecule has 1 aromatic heterocycles. The summed E-state index contributed by atoms with van der Waals surface area (Å²) in [5, 5.41) is 23.5. The van der Waals surface area contributed by atoms with Crippen molar-refractivity contribution in [3.63, 3.8) is 0 Å². The van der Waals surface area contributed by atoms with Gasteiger partial charge in [0.05, 0.1) is 4.92 Å². The fourth-order valence-corrected chi connectivity index (χ4v) is 2.15. The summed E-state index contributed by atoms with van der Waals surface area (Å²) >= 11 is 1.46. The van der Waals surface area contributed by atoms with Gasteiger partial charge < -0.3 is 5.32 Å². The first-order chi connectivity index (χ1) is 8.70. The van der Waals surface area contributed by atoms with E-state index in [1.807, 2.05) is 6.92 Å². The maximum Gasteiger partial charge on any atom is 0.274 e. The Morgan fingerprint density at radius 2 is 2.17 bits per heavy atom. The van der Waals surface area contributed by atoms with Crippen LogP contribution in [-0.4, -0.2) is 15.1 Å². The Balaban J connectivity index is 2.08. The Labute approximate surface area is 108 Å². The quantitative estimate of drug-likeness (QED) is 0.663. The number of nitro benzene ring substituents is 1. The van der Waals surface area contributed by atoms with E-state index in [0.29, 0.717) is 17.2 Å². The molecule has 0 saturated carbocycles. The number of benzene rings is 1. The van der Waals surface area contributed by atoms with Gasteiger partial charge in [0.2, 0.25) is 5.13 Å². The Hall–Kier alpha value is -2.02. The van der Waals surface area contributed by atoms with Gasteiger partial charge in [-0.1, -0.05) is 36.5 Å². The van der Waals surface area contributed by atoms with Crippen molar-refractivity contribution in [3.8, 4) is 0 Å². The van der Waals surface area contributed by atoms with Gasteiger partial charge >= 0.3 is 0 Å². The number of aromatic nitrogens is 2.